The van der Waals surface area contributed by atoms with Gasteiger partial charge in [0.05, 0.1) is 6.54 Å². The molecule has 1 amide bonds. The summed E-state index contributed by atoms with van der Waals surface area (Å²) in [5, 5.41) is 10.1. The minimum Gasteiger partial charge on any atom is -0.382 e. The lowest BCUT2D eigenvalue weighted by Crippen LogP contribution is -2.39. The van der Waals surface area contributed by atoms with Crippen LogP contribution in [0.25, 0.3) is 0 Å². The third-order valence-corrected chi connectivity index (χ3v) is 0.922. The average Bonchev–Trinajstić information content (AvgIpc) is 1.80. The number of aliphatic hydroxyl groups is 1. The highest BCUT2D eigenvalue weighted by Crippen LogP contribution is 2.18. The lowest BCUT2D eigenvalue weighted by atomic mass is 10.3. The van der Waals surface area contributed by atoms with Gasteiger partial charge in [0.1, 0.15) is 0 Å². The van der Waals surface area contributed by atoms with Crippen molar-refractivity contribution < 1.29 is 23.1 Å². The van der Waals surface area contributed by atoms with Crippen LogP contribution in [-0.4, -0.2) is 29.8 Å². The van der Waals surface area contributed by atoms with E-state index in [1.165, 1.54) is 0 Å². The summed E-state index contributed by atoms with van der Waals surface area (Å²) in [4.78, 5) is 10.1. The first-order chi connectivity index (χ1) is 4.84. The number of hydrogen-bond donors (Lipinski definition) is 2. The quantitative estimate of drug-likeness (QED) is 0.616. The molecule has 11 heavy (non-hydrogen) atoms. The predicted molar refractivity (Wildman–Crippen MR) is 30.7 cm³/mol. The monoisotopic (exact) mass is 171 g/mol. The maximum absolute atomic E-state index is 11.5. The summed E-state index contributed by atoms with van der Waals surface area (Å²) in [6.07, 6.45) is -7.14. The van der Waals surface area contributed by atoms with Crippen molar-refractivity contribution in [3.8, 4) is 0 Å². The highest BCUT2D eigenvalue weighted by atomic mass is 19.4. The van der Waals surface area contributed by atoms with Gasteiger partial charge in [0, 0.05) is 6.92 Å². The first kappa shape index (κ1) is 10.2. The largest absolute Gasteiger partial charge is 0.416 e. The normalized spacial score (nSPS) is 14.3. The van der Waals surface area contributed by atoms with Crippen LogP contribution in [0.4, 0.5) is 13.2 Å². The molecule has 0 aromatic carbocycles. The third-order valence-electron chi connectivity index (χ3n) is 0.922. The predicted octanol–water partition coefficient (Wildman–Crippen LogP) is 0.0457. The maximum Gasteiger partial charge on any atom is 0.416 e. The zero-order chi connectivity index (χ0) is 9.07. The van der Waals surface area contributed by atoms with Gasteiger partial charge in [-0.2, -0.15) is 13.2 Å². The minimum atomic E-state index is -4.66. The van der Waals surface area contributed by atoms with E-state index < -0.39 is 24.7 Å². The minimum absolute atomic E-state index is 0.603. The summed E-state index contributed by atoms with van der Waals surface area (Å²) < 4.78 is 34.5. The molecule has 3 nitrogen and oxygen atoms in total. The van der Waals surface area contributed by atoms with Crippen LogP contribution in [0.5, 0.6) is 0 Å². The number of amides is 1. The van der Waals surface area contributed by atoms with Gasteiger partial charge in [-0.05, 0) is 0 Å². The lowest BCUT2D eigenvalue weighted by molar-refractivity contribution is -0.201. The van der Waals surface area contributed by atoms with Gasteiger partial charge in [0.15, 0.2) is 6.10 Å². The Bertz CT molecular complexity index is 145. The highest BCUT2D eigenvalue weighted by molar-refractivity contribution is 5.72. The van der Waals surface area contributed by atoms with E-state index in [2.05, 4.69) is 0 Å². The lowest BCUT2D eigenvalue weighted by Gasteiger charge is -2.13. The number of halogens is 3. The molecule has 0 unspecified atom stereocenters. The molecule has 0 saturated heterocycles. The van der Waals surface area contributed by atoms with Crippen molar-refractivity contribution in [2.75, 3.05) is 6.54 Å². The Morgan fingerprint density at radius 3 is 2.36 bits per heavy atom. The van der Waals surface area contributed by atoms with E-state index in [-0.39, 0.29) is 0 Å². The Balaban J connectivity index is 3.70. The van der Waals surface area contributed by atoms with Crippen LogP contribution in [0.1, 0.15) is 6.92 Å². The van der Waals surface area contributed by atoms with Crippen LogP contribution < -0.4 is 5.32 Å². The first-order valence-corrected chi connectivity index (χ1v) is 2.83. The molecule has 66 valence electrons. The molecule has 0 aliphatic carbocycles. The van der Waals surface area contributed by atoms with Gasteiger partial charge in [0.2, 0.25) is 5.91 Å². The van der Waals surface area contributed by atoms with E-state index in [1.54, 1.807) is 0 Å². The zero-order valence-corrected chi connectivity index (χ0v) is 5.77. The number of carbonyl (C=O) groups is 1. The standard InChI is InChI=1S/C5H8F3NO2/c1-3(10)9-2-4(11)5(6,7)8/h4,11H,2H2,1H3,(H,9,10)/t4-/m0/s1. The number of aliphatic hydroxyl groups excluding tert-OH is 1. The molecule has 0 heterocycles. The summed E-state index contributed by atoms with van der Waals surface area (Å²) in [5.41, 5.74) is 0. The molecule has 2 N–H and O–H groups in total. The maximum atomic E-state index is 11.5. The highest BCUT2D eigenvalue weighted by Gasteiger charge is 2.37. The number of alkyl halides is 3. The molecule has 6 heteroatoms. The van der Waals surface area contributed by atoms with Crippen LogP contribution in [0.3, 0.4) is 0 Å². The fraction of sp³-hybridized carbons (Fsp3) is 0.800. The number of nitrogens with one attached hydrogen (secondary N) is 1. The Labute approximate surface area is 61.2 Å². The second kappa shape index (κ2) is 3.56. The van der Waals surface area contributed by atoms with E-state index in [9.17, 15) is 18.0 Å². The van der Waals surface area contributed by atoms with Crippen LogP contribution in [0.2, 0.25) is 0 Å². The van der Waals surface area contributed by atoms with Crippen molar-refractivity contribution in [2.45, 2.75) is 19.2 Å². The van der Waals surface area contributed by atoms with Crippen molar-refractivity contribution in [1.82, 2.24) is 5.32 Å². The van der Waals surface area contributed by atoms with Gasteiger partial charge in [-0.15, -0.1) is 0 Å². The molecule has 1 atom stereocenters. The summed E-state index contributed by atoms with van der Waals surface area (Å²) in [5.74, 6) is -0.603. The second-order valence-corrected chi connectivity index (χ2v) is 1.99. The molecule has 0 spiro atoms. The molecule has 0 aromatic heterocycles. The molecular formula is C5H8F3NO2. The molecule has 0 rings (SSSR count). The second-order valence-electron chi connectivity index (χ2n) is 1.99. The van der Waals surface area contributed by atoms with E-state index in [0.717, 1.165) is 6.92 Å². The van der Waals surface area contributed by atoms with Crippen molar-refractivity contribution in [1.29, 1.82) is 0 Å². The fourth-order valence-corrected chi connectivity index (χ4v) is 0.356. The van der Waals surface area contributed by atoms with E-state index in [0.29, 0.717) is 0 Å². The topological polar surface area (TPSA) is 49.3 Å². The average molecular weight is 171 g/mol. The van der Waals surface area contributed by atoms with Crippen molar-refractivity contribution in [3.05, 3.63) is 0 Å². The van der Waals surface area contributed by atoms with Gasteiger partial charge >= 0.3 is 6.18 Å². The van der Waals surface area contributed by atoms with Gasteiger partial charge in [-0.25, -0.2) is 0 Å². The van der Waals surface area contributed by atoms with Gasteiger partial charge < -0.3 is 10.4 Å². The van der Waals surface area contributed by atoms with E-state index in [4.69, 9.17) is 5.11 Å². The van der Waals surface area contributed by atoms with E-state index in [1.807, 2.05) is 5.32 Å². The van der Waals surface area contributed by atoms with Crippen LogP contribution in [-0.2, 0) is 4.79 Å². The third kappa shape index (κ3) is 4.60. The van der Waals surface area contributed by atoms with Crippen LogP contribution in [0.15, 0.2) is 0 Å². The Kier molecular flexibility index (Phi) is 3.31. The molecule has 0 fully saturated rings. The molecule has 0 saturated carbocycles. The van der Waals surface area contributed by atoms with Crippen LogP contribution >= 0.6 is 0 Å². The molecule has 0 aromatic rings. The molecule has 0 bridgehead atoms. The van der Waals surface area contributed by atoms with Crippen molar-refractivity contribution >= 4 is 5.91 Å². The Morgan fingerprint density at radius 1 is 1.64 bits per heavy atom. The van der Waals surface area contributed by atoms with Crippen molar-refractivity contribution in [2.24, 2.45) is 0 Å². The van der Waals surface area contributed by atoms with Crippen LogP contribution in [0, 0.1) is 0 Å². The fourth-order valence-electron chi connectivity index (χ4n) is 0.356. The summed E-state index contributed by atoms with van der Waals surface area (Å²) in [6.45, 7) is 0.280. The van der Waals surface area contributed by atoms with Gasteiger partial charge in [-0.3, -0.25) is 4.79 Å². The number of hydrogen-bond acceptors (Lipinski definition) is 2. The first-order valence-electron chi connectivity index (χ1n) is 2.83. The zero-order valence-electron chi connectivity index (χ0n) is 5.77. The molecule has 0 aliphatic rings. The number of carbonyl (C=O) groups excluding carboxylic acids is 1. The Hall–Kier alpha value is -0.780. The summed E-state index contributed by atoms with van der Waals surface area (Å²) >= 11 is 0. The molecular weight excluding hydrogens is 163 g/mol. The van der Waals surface area contributed by atoms with Gasteiger partial charge in [0.25, 0.3) is 0 Å². The van der Waals surface area contributed by atoms with E-state index >= 15 is 0 Å². The summed E-state index contributed by atoms with van der Waals surface area (Å²) in [6, 6.07) is 0. The summed E-state index contributed by atoms with van der Waals surface area (Å²) in [7, 11) is 0. The Morgan fingerprint density at radius 2 is 2.09 bits per heavy atom. The van der Waals surface area contributed by atoms with Gasteiger partial charge in [-0.1, -0.05) is 0 Å². The SMILES string of the molecule is CC(=O)NC[C@H](O)C(F)(F)F. The molecule has 0 aliphatic heterocycles. The molecule has 0 radical (unpaired) electrons. The number of rotatable bonds is 2. The smallest absolute Gasteiger partial charge is 0.382 e. The van der Waals surface area contributed by atoms with Crippen molar-refractivity contribution in [3.63, 3.8) is 0 Å².